The molecule has 0 atom stereocenters. The molecule has 0 fully saturated rings. The van der Waals surface area contributed by atoms with Crippen molar-refractivity contribution in [3.05, 3.63) is 156 Å². The van der Waals surface area contributed by atoms with Crippen LogP contribution in [0.2, 0.25) is 0 Å². The normalized spacial score (nSPS) is 13.8. The van der Waals surface area contributed by atoms with Crippen LogP contribution in [0.25, 0.3) is 43.1 Å². The predicted octanol–water partition coefficient (Wildman–Crippen LogP) is 10.8. The van der Waals surface area contributed by atoms with Gasteiger partial charge in [-0.15, -0.1) is 0 Å². The Bertz CT molecular complexity index is 2690. The van der Waals surface area contributed by atoms with Gasteiger partial charge in [0, 0.05) is 0 Å². The van der Waals surface area contributed by atoms with Crippen molar-refractivity contribution in [2.24, 2.45) is 0 Å². The zero-order chi connectivity index (χ0) is 41.1. The Balaban J connectivity index is 1.40. The van der Waals surface area contributed by atoms with Crippen LogP contribution in [0.4, 0.5) is 0 Å². The van der Waals surface area contributed by atoms with E-state index < -0.39 is 0 Å². The van der Waals surface area contributed by atoms with E-state index in [2.05, 4.69) is 217 Å². The third-order valence-corrected chi connectivity index (χ3v) is 13.3. The summed E-state index contributed by atoms with van der Waals surface area (Å²) in [7, 11) is 0. The lowest BCUT2D eigenvalue weighted by Gasteiger charge is -2.34. The zero-order valence-corrected chi connectivity index (χ0v) is 36.9. The molecule has 1 aliphatic heterocycles. The van der Waals surface area contributed by atoms with Gasteiger partial charge in [-0.2, -0.15) is 0 Å². The summed E-state index contributed by atoms with van der Waals surface area (Å²) in [6.07, 6.45) is 0. The Morgan fingerprint density at radius 3 is 0.879 bits per heavy atom. The van der Waals surface area contributed by atoms with E-state index in [0.29, 0.717) is 0 Å². The highest BCUT2D eigenvalue weighted by Crippen LogP contribution is 2.34. The lowest BCUT2D eigenvalue weighted by atomic mass is 9.20. The van der Waals surface area contributed by atoms with Crippen LogP contribution in [0.3, 0.4) is 0 Å². The number of hydrogen-bond acceptors (Lipinski definition) is 0. The molecule has 0 aliphatic carbocycles. The molecule has 0 bridgehead atoms. The summed E-state index contributed by atoms with van der Waals surface area (Å²) >= 11 is 0. The van der Waals surface area contributed by atoms with Crippen LogP contribution >= 0.6 is 0 Å². The third kappa shape index (κ3) is 6.39. The number of rotatable bonds is 2. The van der Waals surface area contributed by atoms with Crippen molar-refractivity contribution in [3.63, 3.8) is 0 Å². The van der Waals surface area contributed by atoms with Gasteiger partial charge in [-0.25, -0.2) is 0 Å². The summed E-state index contributed by atoms with van der Waals surface area (Å²) in [6, 6.07) is 52.8. The summed E-state index contributed by atoms with van der Waals surface area (Å²) < 4.78 is 0. The first-order valence-electron chi connectivity index (χ1n) is 21.5. The molecule has 0 saturated carbocycles. The van der Waals surface area contributed by atoms with Gasteiger partial charge >= 0.3 is 0 Å². The van der Waals surface area contributed by atoms with Gasteiger partial charge in [0.15, 0.2) is 0 Å². The molecule has 0 unspecified atom stereocenters. The standard InChI is InChI=1S/C56H58B2/c1-53(2,3)39-25-27-43-37(31-39)29-35-21-23-41(55(7,8)9)33-45(35)51(43)57-47-17-13-15-19-49(47)58(50-20-16-14-18-48(50)57)52-44-28-26-40(54(4,5)6)32-38(44)30-36-22-24-42(34-46(36)52)56(10,11)12/h13-34H,1-12H3. The maximum absolute atomic E-state index is 2.51. The second-order valence-corrected chi connectivity index (χ2v) is 21.4. The van der Waals surface area contributed by atoms with E-state index in [1.165, 1.54) is 98.1 Å². The van der Waals surface area contributed by atoms with Gasteiger partial charge in [0.1, 0.15) is 0 Å². The minimum Gasteiger partial charge on any atom is -0.0733 e. The molecule has 288 valence electrons. The summed E-state index contributed by atoms with van der Waals surface area (Å²) in [6.45, 7) is 28.1. The largest absolute Gasteiger partial charge is 0.241 e. The first-order valence-corrected chi connectivity index (χ1v) is 21.5. The zero-order valence-electron chi connectivity index (χ0n) is 36.9. The van der Waals surface area contributed by atoms with Gasteiger partial charge in [0.25, 0.3) is 0 Å². The molecule has 0 N–H and O–H groups in total. The fourth-order valence-corrected chi connectivity index (χ4v) is 9.83. The van der Waals surface area contributed by atoms with Crippen LogP contribution in [0.5, 0.6) is 0 Å². The second kappa shape index (κ2) is 13.2. The molecule has 0 amide bonds. The Morgan fingerprint density at radius 2 is 0.569 bits per heavy atom. The van der Waals surface area contributed by atoms with Crippen molar-refractivity contribution < 1.29 is 0 Å². The highest BCUT2D eigenvalue weighted by atomic mass is 14.3. The van der Waals surface area contributed by atoms with Crippen LogP contribution < -0.4 is 32.8 Å². The summed E-state index contributed by atoms with van der Waals surface area (Å²) in [5.41, 5.74) is 14.1. The van der Waals surface area contributed by atoms with Gasteiger partial charge < -0.3 is 0 Å². The summed E-state index contributed by atoms with van der Waals surface area (Å²) in [5, 5.41) is 10.7. The average Bonchev–Trinajstić information content (AvgIpc) is 3.16. The van der Waals surface area contributed by atoms with Gasteiger partial charge in [-0.1, -0.05) is 237 Å². The predicted molar refractivity (Wildman–Crippen MR) is 260 cm³/mol. The molecule has 0 radical (unpaired) electrons. The van der Waals surface area contributed by atoms with Crippen LogP contribution in [0, 0.1) is 0 Å². The Morgan fingerprint density at radius 1 is 0.276 bits per heavy atom. The Hall–Kier alpha value is -5.07. The van der Waals surface area contributed by atoms with E-state index in [9.17, 15) is 0 Å². The van der Waals surface area contributed by atoms with E-state index in [1.807, 2.05) is 0 Å². The van der Waals surface area contributed by atoms with E-state index >= 15 is 0 Å². The molecular formula is C56H58B2. The van der Waals surface area contributed by atoms with E-state index in [0.717, 1.165) is 0 Å². The molecule has 0 aromatic heterocycles. The van der Waals surface area contributed by atoms with E-state index in [1.54, 1.807) is 0 Å². The van der Waals surface area contributed by atoms with Crippen molar-refractivity contribution in [1.29, 1.82) is 0 Å². The molecule has 1 heterocycles. The van der Waals surface area contributed by atoms with E-state index in [4.69, 9.17) is 0 Å². The quantitative estimate of drug-likeness (QED) is 0.122. The SMILES string of the molecule is CC(C)(C)c1ccc2c(B3c4ccccc4B(c4c5ccc(C(C)(C)C)cc5cc5ccc(C(C)(C)C)cc45)c4ccccc43)c3cc(C(C)(C)C)ccc3cc2c1. The molecule has 1 aliphatic rings. The average molecular weight is 753 g/mol. The van der Waals surface area contributed by atoms with Gasteiger partial charge in [-0.3, -0.25) is 0 Å². The molecule has 0 saturated heterocycles. The lowest BCUT2D eigenvalue weighted by Crippen LogP contribution is -2.75. The first-order chi connectivity index (χ1) is 27.3. The molecular weight excluding hydrogens is 694 g/mol. The molecule has 0 spiro atoms. The van der Waals surface area contributed by atoms with Crippen molar-refractivity contribution >= 4 is 89.3 Å². The van der Waals surface area contributed by atoms with Crippen LogP contribution in [0.15, 0.2) is 133 Å². The van der Waals surface area contributed by atoms with Gasteiger partial charge in [0.05, 0.1) is 0 Å². The Labute approximate surface area is 348 Å². The smallest absolute Gasteiger partial charge is 0.0733 e. The van der Waals surface area contributed by atoms with Crippen molar-refractivity contribution in [2.45, 2.75) is 105 Å². The van der Waals surface area contributed by atoms with Crippen LogP contribution in [-0.4, -0.2) is 13.4 Å². The van der Waals surface area contributed by atoms with Gasteiger partial charge in [0.2, 0.25) is 13.4 Å². The van der Waals surface area contributed by atoms with E-state index in [-0.39, 0.29) is 35.1 Å². The monoisotopic (exact) mass is 752 g/mol. The molecule has 8 aromatic carbocycles. The summed E-state index contributed by atoms with van der Waals surface area (Å²) in [4.78, 5) is 0. The number of hydrogen-bond donors (Lipinski definition) is 0. The fraction of sp³-hybridized carbons (Fsp3) is 0.286. The highest BCUT2D eigenvalue weighted by Gasteiger charge is 2.41. The minimum absolute atomic E-state index is 0.0260. The topological polar surface area (TPSA) is 0 Å². The maximum atomic E-state index is 2.51. The second-order valence-electron chi connectivity index (χ2n) is 21.4. The molecule has 58 heavy (non-hydrogen) atoms. The molecule has 0 nitrogen and oxygen atoms in total. The first kappa shape index (κ1) is 38.4. The fourth-order valence-electron chi connectivity index (χ4n) is 9.83. The summed E-state index contributed by atoms with van der Waals surface area (Å²) in [5.74, 6) is 0. The van der Waals surface area contributed by atoms with Gasteiger partial charge in [-0.05, 0) is 99.1 Å². The lowest BCUT2D eigenvalue weighted by molar-refractivity contribution is 0.590. The molecule has 8 aromatic rings. The van der Waals surface area contributed by atoms with Crippen molar-refractivity contribution in [2.75, 3.05) is 0 Å². The molecule has 2 heteroatoms. The number of benzene rings is 8. The van der Waals surface area contributed by atoms with Crippen molar-refractivity contribution in [3.8, 4) is 0 Å². The maximum Gasteiger partial charge on any atom is 0.241 e. The Kier molecular flexibility index (Phi) is 8.77. The third-order valence-electron chi connectivity index (χ3n) is 13.3. The van der Waals surface area contributed by atoms with Crippen LogP contribution in [0.1, 0.15) is 105 Å². The highest BCUT2D eigenvalue weighted by molar-refractivity contribution is 7.13. The van der Waals surface area contributed by atoms with Crippen LogP contribution in [-0.2, 0) is 21.7 Å². The van der Waals surface area contributed by atoms with Crippen molar-refractivity contribution in [1.82, 2.24) is 0 Å². The number of fused-ring (bicyclic) bond motifs is 6. The molecule has 9 rings (SSSR count). The minimum atomic E-state index is 0.0260.